The topological polar surface area (TPSA) is 68.9 Å². The molecule has 1 heterocycles. The predicted molar refractivity (Wildman–Crippen MR) is 41.2 cm³/mol. The van der Waals surface area contributed by atoms with Gasteiger partial charge in [0.2, 0.25) is 5.95 Å². The van der Waals surface area contributed by atoms with Gasteiger partial charge in [-0.15, -0.1) is 0 Å². The lowest BCUT2D eigenvalue weighted by atomic mass is 10.3. The molecule has 0 fully saturated rings. The molecule has 0 aliphatic heterocycles. The quantitative estimate of drug-likeness (QED) is 0.596. The largest absolute Gasteiger partial charge is 0.368 e. The highest BCUT2D eigenvalue weighted by Crippen LogP contribution is 2.01. The summed E-state index contributed by atoms with van der Waals surface area (Å²) < 4.78 is 0. The second-order valence-corrected chi connectivity index (χ2v) is 2.31. The number of ketones is 1. The number of rotatable bonds is 1. The lowest BCUT2D eigenvalue weighted by molar-refractivity contribution is 0.101. The summed E-state index contributed by atoms with van der Waals surface area (Å²) in [5.74, 6) is 0.0531. The molecule has 0 aromatic carbocycles. The minimum atomic E-state index is -0.0952. The van der Waals surface area contributed by atoms with Crippen LogP contribution < -0.4 is 5.73 Å². The van der Waals surface area contributed by atoms with Crippen LogP contribution in [0.2, 0.25) is 0 Å². The number of carbonyl (C=O) groups excluding carboxylic acids is 1. The lowest BCUT2D eigenvalue weighted by Gasteiger charge is -1.97. The van der Waals surface area contributed by atoms with Crippen molar-refractivity contribution in [2.75, 3.05) is 5.73 Å². The number of nitrogen functional groups attached to an aromatic ring is 1. The molecule has 11 heavy (non-hydrogen) atoms. The Morgan fingerprint density at radius 3 is 2.64 bits per heavy atom. The molecule has 1 aromatic heterocycles. The number of Topliss-reactive ketones (excluding diaryl/α,β-unsaturated/α-hetero) is 1. The smallest absolute Gasteiger partial charge is 0.220 e. The molecule has 4 heteroatoms. The van der Waals surface area contributed by atoms with Gasteiger partial charge in [-0.25, -0.2) is 9.97 Å². The van der Waals surface area contributed by atoms with Gasteiger partial charge in [0, 0.05) is 12.6 Å². The zero-order valence-corrected chi connectivity index (χ0v) is 6.46. The molecule has 1 rings (SSSR count). The van der Waals surface area contributed by atoms with Crippen LogP contribution in [0.5, 0.6) is 0 Å². The Labute approximate surface area is 64.5 Å². The zero-order valence-electron chi connectivity index (χ0n) is 6.46. The highest BCUT2D eigenvalue weighted by Gasteiger charge is 2.02. The van der Waals surface area contributed by atoms with Gasteiger partial charge in [0.15, 0.2) is 5.78 Å². The molecule has 0 radical (unpaired) electrons. The van der Waals surface area contributed by atoms with Gasteiger partial charge in [-0.3, -0.25) is 4.79 Å². The number of hydrogen-bond acceptors (Lipinski definition) is 4. The van der Waals surface area contributed by atoms with Crippen molar-refractivity contribution < 1.29 is 4.79 Å². The number of aryl methyl sites for hydroxylation is 1. The maximum Gasteiger partial charge on any atom is 0.220 e. The Bertz CT molecular complexity index is 275. The van der Waals surface area contributed by atoms with E-state index in [9.17, 15) is 4.79 Å². The van der Waals surface area contributed by atoms with Crippen molar-refractivity contribution >= 4 is 11.7 Å². The molecule has 0 bridgehead atoms. The molecule has 0 amide bonds. The molecule has 0 saturated carbocycles. The van der Waals surface area contributed by atoms with E-state index in [1.807, 2.05) is 0 Å². The van der Waals surface area contributed by atoms with Crippen LogP contribution in [0.25, 0.3) is 0 Å². The van der Waals surface area contributed by atoms with E-state index < -0.39 is 0 Å². The SMILES string of the molecule is CC(=O)c1cc(C)nc(N)n1. The highest BCUT2D eigenvalue weighted by molar-refractivity contribution is 5.92. The van der Waals surface area contributed by atoms with Crippen LogP contribution >= 0.6 is 0 Å². The molecule has 58 valence electrons. The maximum atomic E-state index is 10.8. The van der Waals surface area contributed by atoms with Gasteiger partial charge in [-0.05, 0) is 13.0 Å². The standard InChI is InChI=1S/C7H9N3O/c1-4-3-6(5(2)11)10-7(8)9-4/h3H,1-2H3,(H2,8,9,10). The van der Waals surface area contributed by atoms with Gasteiger partial charge in [0.05, 0.1) is 0 Å². The molecule has 0 unspecified atom stereocenters. The normalized spacial score (nSPS) is 9.64. The van der Waals surface area contributed by atoms with Crippen LogP contribution in [0.3, 0.4) is 0 Å². The van der Waals surface area contributed by atoms with Crippen LogP contribution in [0.1, 0.15) is 23.1 Å². The number of anilines is 1. The van der Waals surface area contributed by atoms with Gasteiger partial charge < -0.3 is 5.73 Å². The van der Waals surface area contributed by atoms with Gasteiger partial charge in [0.25, 0.3) is 0 Å². The number of carbonyl (C=O) groups is 1. The Balaban J connectivity index is 3.19. The number of nitrogens with two attached hydrogens (primary N) is 1. The van der Waals surface area contributed by atoms with Crippen molar-refractivity contribution in [2.45, 2.75) is 13.8 Å². The Kier molecular flexibility index (Phi) is 1.85. The van der Waals surface area contributed by atoms with Crippen molar-refractivity contribution in [1.82, 2.24) is 9.97 Å². The van der Waals surface area contributed by atoms with Crippen LogP contribution in [0, 0.1) is 6.92 Å². The summed E-state index contributed by atoms with van der Waals surface area (Å²) in [6, 6.07) is 1.61. The molecule has 1 aromatic rings. The first-order chi connectivity index (χ1) is 5.09. The minimum absolute atomic E-state index is 0.0952. The summed E-state index contributed by atoms with van der Waals surface area (Å²) in [5, 5.41) is 0. The first-order valence-electron chi connectivity index (χ1n) is 3.21. The summed E-state index contributed by atoms with van der Waals surface area (Å²) in [5.41, 5.74) is 6.40. The third kappa shape index (κ3) is 1.73. The second-order valence-electron chi connectivity index (χ2n) is 2.31. The fraction of sp³-hybridized carbons (Fsp3) is 0.286. The van der Waals surface area contributed by atoms with E-state index in [1.54, 1.807) is 13.0 Å². The molecule has 0 atom stereocenters. The number of hydrogen-bond donors (Lipinski definition) is 1. The van der Waals surface area contributed by atoms with Crippen LogP contribution in [-0.4, -0.2) is 15.8 Å². The fourth-order valence-corrected chi connectivity index (χ4v) is 0.772. The van der Waals surface area contributed by atoms with Crippen molar-refractivity contribution in [1.29, 1.82) is 0 Å². The monoisotopic (exact) mass is 151 g/mol. The average Bonchev–Trinajstić information content (AvgIpc) is 1.85. The molecule has 4 nitrogen and oxygen atoms in total. The fourth-order valence-electron chi connectivity index (χ4n) is 0.772. The van der Waals surface area contributed by atoms with Gasteiger partial charge >= 0.3 is 0 Å². The molecule has 0 saturated heterocycles. The van der Waals surface area contributed by atoms with E-state index in [0.29, 0.717) is 11.4 Å². The average molecular weight is 151 g/mol. The minimum Gasteiger partial charge on any atom is -0.368 e. The lowest BCUT2D eigenvalue weighted by Crippen LogP contribution is -2.03. The molecular formula is C7H9N3O. The summed E-state index contributed by atoms with van der Waals surface area (Å²) >= 11 is 0. The Morgan fingerprint density at radius 1 is 1.55 bits per heavy atom. The van der Waals surface area contributed by atoms with Crippen LogP contribution in [0.15, 0.2) is 6.07 Å². The third-order valence-corrected chi connectivity index (χ3v) is 1.23. The van der Waals surface area contributed by atoms with Gasteiger partial charge in [0.1, 0.15) is 5.69 Å². The van der Waals surface area contributed by atoms with Crippen molar-refractivity contribution in [2.24, 2.45) is 0 Å². The van der Waals surface area contributed by atoms with Crippen molar-refractivity contribution in [3.8, 4) is 0 Å². The summed E-state index contributed by atoms with van der Waals surface area (Å²) in [6.07, 6.45) is 0. The summed E-state index contributed by atoms with van der Waals surface area (Å²) in [4.78, 5) is 18.4. The van der Waals surface area contributed by atoms with E-state index >= 15 is 0 Å². The van der Waals surface area contributed by atoms with Crippen LogP contribution in [-0.2, 0) is 0 Å². The number of nitrogens with zero attached hydrogens (tertiary/aromatic N) is 2. The van der Waals surface area contributed by atoms with E-state index in [4.69, 9.17) is 5.73 Å². The van der Waals surface area contributed by atoms with E-state index in [-0.39, 0.29) is 11.7 Å². The molecule has 0 aliphatic rings. The molecule has 0 spiro atoms. The molecule has 0 aliphatic carbocycles. The third-order valence-electron chi connectivity index (χ3n) is 1.23. The van der Waals surface area contributed by atoms with Crippen molar-refractivity contribution in [3.63, 3.8) is 0 Å². The molecule has 2 N–H and O–H groups in total. The number of aromatic nitrogens is 2. The van der Waals surface area contributed by atoms with Gasteiger partial charge in [-0.2, -0.15) is 0 Å². The first kappa shape index (κ1) is 7.65. The van der Waals surface area contributed by atoms with E-state index in [2.05, 4.69) is 9.97 Å². The summed E-state index contributed by atoms with van der Waals surface area (Å²) in [7, 11) is 0. The Hall–Kier alpha value is -1.45. The van der Waals surface area contributed by atoms with Crippen molar-refractivity contribution in [3.05, 3.63) is 17.5 Å². The van der Waals surface area contributed by atoms with Gasteiger partial charge in [-0.1, -0.05) is 0 Å². The van der Waals surface area contributed by atoms with E-state index in [1.165, 1.54) is 6.92 Å². The Morgan fingerprint density at radius 2 is 2.18 bits per heavy atom. The maximum absolute atomic E-state index is 10.8. The summed E-state index contributed by atoms with van der Waals surface area (Å²) in [6.45, 7) is 3.21. The molecular weight excluding hydrogens is 142 g/mol. The zero-order chi connectivity index (χ0) is 8.43. The van der Waals surface area contributed by atoms with Crippen LogP contribution in [0.4, 0.5) is 5.95 Å². The first-order valence-corrected chi connectivity index (χ1v) is 3.21. The highest BCUT2D eigenvalue weighted by atomic mass is 16.1. The second kappa shape index (κ2) is 2.65. The van der Waals surface area contributed by atoms with E-state index in [0.717, 1.165) is 0 Å². The predicted octanol–water partition coefficient (Wildman–Crippen LogP) is 0.570.